The molecule has 1 atom stereocenters. The Kier molecular flexibility index (Phi) is 7.07. The minimum absolute atomic E-state index is 0.0254. The van der Waals surface area contributed by atoms with Crippen LogP contribution in [0.25, 0.3) is 11.0 Å². The molecule has 2 aromatic rings. The Labute approximate surface area is 159 Å². The molecular weight excluding hydrogens is 344 g/mol. The van der Waals surface area contributed by atoms with Crippen LogP contribution in [-0.4, -0.2) is 53.7 Å². The fourth-order valence-corrected chi connectivity index (χ4v) is 3.32. The van der Waals surface area contributed by atoms with Gasteiger partial charge in [-0.2, -0.15) is 0 Å². The van der Waals surface area contributed by atoms with E-state index in [1.165, 1.54) is 0 Å². The van der Waals surface area contributed by atoms with Gasteiger partial charge in [0.05, 0.1) is 11.0 Å². The van der Waals surface area contributed by atoms with Crippen LogP contribution in [0.1, 0.15) is 31.0 Å². The molecule has 0 radical (unpaired) electrons. The summed E-state index contributed by atoms with van der Waals surface area (Å²) < 4.78 is 8.97. The Morgan fingerprint density at radius 1 is 1.26 bits per heavy atom. The molecule has 1 fully saturated rings. The van der Waals surface area contributed by atoms with Crippen molar-refractivity contribution < 1.29 is 9.84 Å². The van der Waals surface area contributed by atoms with E-state index in [1.54, 1.807) is 11.6 Å². The third-order valence-corrected chi connectivity index (χ3v) is 4.77. The Morgan fingerprint density at radius 3 is 2.93 bits per heavy atom. The number of hydrogen-bond donors (Lipinski definition) is 3. The molecule has 1 unspecified atom stereocenters. The molecule has 1 saturated heterocycles. The average molecular weight is 372 g/mol. The van der Waals surface area contributed by atoms with Gasteiger partial charge in [-0.05, 0) is 37.5 Å². The lowest BCUT2D eigenvalue weighted by Crippen LogP contribution is -2.48. The molecule has 27 heavy (non-hydrogen) atoms. The summed E-state index contributed by atoms with van der Waals surface area (Å²) in [5.74, 6) is 6.13. The molecule has 1 aromatic heterocycles. The number of rotatable bonds is 7. The van der Waals surface area contributed by atoms with Gasteiger partial charge in [-0.15, -0.1) is 0 Å². The molecule has 2 heterocycles. The molecule has 3 rings (SSSR count). The molecule has 146 valence electrons. The second-order valence-corrected chi connectivity index (χ2v) is 6.73. The van der Waals surface area contributed by atoms with E-state index < -0.39 is 0 Å². The van der Waals surface area contributed by atoms with Crippen molar-refractivity contribution in [3.8, 4) is 11.8 Å². The van der Waals surface area contributed by atoms with Crippen molar-refractivity contribution >= 4 is 11.0 Å². The molecule has 0 bridgehead atoms. The zero-order valence-corrected chi connectivity index (χ0v) is 15.8. The Morgan fingerprint density at radius 2 is 2.15 bits per heavy atom. The van der Waals surface area contributed by atoms with Gasteiger partial charge >= 0.3 is 5.69 Å². The monoisotopic (exact) mass is 372 g/mol. The molecule has 0 aliphatic carbocycles. The fourth-order valence-electron chi connectivity index (χ4n) is 3.32. The topological polar surface area (TPSA) is 80.5 Å². The van der Waals surface area contributed by atoms with Crippen molar-refractivity contribution in [2.24, 2.45) is 7.05 Å². The highest BCUT2D eigenvalue weighted by Crippen LogP contribution is 2.17. The highest BCUT2D eigenvalue weighted by molar-refractivity contribution is 5.78. The molecular formula is C20H28N4O3. The highest BCUT2D eigenvalue weighted by atomic mass is 16.5. The van der Waals surface area contributed by atoms with Crippen LogP contribution in [0.3, 0.4) is 0 Å². The van der Waals surface area contributed by atoms with E-state index in [9.17, 15) is 4.79 Å². The quantitative estimate of drug-likeness (QED) is 0.489. The van der Waals surface area contributed by atoms with Crippen molar-refractivity contribution in [1.29, 1.82) is 0 Å². The molecule has 0 amide bonds. The number of aromatic nitrogens is 2. The number of aryl methyl sites for hydroxylation is 1. The zero-order valence-electron chi connectivity index (χ0n) is 15.8. The first-order valence-corrected chi connectivity index (χ1v) is 9.55. The van der Waals surface area contributed by atoms with Crippen LogP contribution in [0.4, 0.5) is 0 Å². The lowest BCUT2D eigenvalue weighted by atomic mass is 10.2. The second kappa shape index (κ2) is 9.72. The maximum atomic E-state index is 12.7. The van der Waals surface area contributed by atoms with Crippen LogP contribution >= 0.6 is 0 Å². The standard InChI is InChI=1S/C20H28N4O3/c1-23-18-14-16(6-5-13-27-12-4-2-3-11-25)7-8-17(18)24(20(23)26)19-15-21-9-10-22-19/h7-8,14,19,21-22,25H,2-4,9-13,15H2,1H3. The van der Waals surface area contributed by atoms with E-state index in [4.69, 9.17) is 9.84 Å². The van der Waals surface area contributed by atoms with Crippen molar-refractivity contribution in [1.82, 2.24) is 19.8 Å². The number of ether oxygens (including phenoxy) is 1. The first-order chi connectivity index (χ1) is 13.2. The fraction of sp³-hybridized carbons (Fsp3) is 0.550. The number of imidazole rings is 1. The number of nitrogens with zero attached hydrogens (tertiary/aromatic N) is 2. The van der Waals surface area contributed by atoms with Crippen molar-refractivity contribution in [2.75, 3.05) is 39.5 Å². The van der Waals surface area contributed by atoms with Gasteiger partial charge in [-0.25, -0.2) is 4.79 Å². The Balaban J connectivity index is 1.68. The summed E-state index contributed by atoms with van der Waals surface area (Å²) in [5, 5.41) is 15.4. The zero-order chi connectivity index (χ0) is 19.1. The first-order valence-electron chi connectivity index (χ1n) is 9.55. The lowest BCUT2D eigenvalue weighted by Gasteiger charge is -2.25. The van der Waals surface area contributed by atoms with Gasteiger partial charge in [0.1, 0.15) is 12.8 Å². The molecule has 3 N–H and O–H groups in total. The summed E-state index contributed by atoms with van der Waals surface area (Å²) in [4.78, 5) is 12.7. The van der Waals surface area contributed by atoms with E-state index >= 15 is 0 Å². The van der Waals surface area contributed by atoms with Crippen LogP contribution < -0.4 is 16.3 Å². The largest absolute Gasteiger partial charge is 0.396 e. The average Bonchev–Trinajstić information content (AvgIpc) is 2.95. The van der Waals surface area contributed by atoms with Crippen LogP contribution in [-0.2, 0) is 11.8 Å². The van der Waals surface area contributed by atoms with Crippen molar-refractivity contribution in [3.63, 3.8) is 0 Å². The minimum atomic E-state index is -0.0360. The number of aliphatic hydroxyl groups excluding tert-OH is 1. The first kappa shape index (κ1) is 19.6. The summed E-state index contributed by atoms with van der Waals surface area (Å²) >= 11 is 0. The number of aliphatic hydroxyl groups is 1. The van der Waals surface area contributed by atoms with Gasteiger partial charge < -0.3 is 15.2 Å². The Bertz CT molecular complexity index is 869. The Hall–Kier alpha value is -2.11. The summed E-state index contributed by atoms with van der Waals surface area (Å²) in [6, 6.07) is 5.87. The molecule has 1 aromatic carbocycles. The summed E-state index contributed by atoms with van der Waals surface area (Å²) in [6.45, 7) is 3.77. The van der Waals surface area contributed by atoms with E-state index in [-0.39, 0.29) is 18.5 Å². The third kappa shape index (κ3) is 4.79. The van der Waals surface area contributed by atoms with Crippen LogP contribution in [0, 0.1) is 11.8 Å². The number of benzene rings is 1. The maximum absolute atomic E-state index is 12.7. The van der Waals surface area contributed by atoms with Crippen LogP contribution in [0.5, 0.6) is 0 Å². The van der Waals surface area contributed by atoms with Crippen molar-refractivity contribution in [3.05, 3.63) is 34.2 Å². The van der Waals surface area contributed by atoms with Gasteiger partial charge in [0.25, 0.3) is 0 Å². The molecule has 1 aliphatic rings. The van der Waals surface area contributed by atoms with E-state index in [2.05, 4.69) is 22.5 Å². The normalized spacial score (nSPS) is 17.0. The maximum Gasteiger partial charge on any atom is 0.330 e. The van der Waals surface area contributed by atoms with Gasteiger partial charge in [0, 0.05) is 45.5 Å². The highest BCUT2D eigenvalue weighted by Gasteiger charge is 2.20. The molecule has 0 saturated carbocycles. The number of fused-ring (bicyclic) bond motifs is 1. The molecule has 0 spiro atoms. The van der Waals surface area contributed by atoms with Gasteiger partial charge in [-0.1, -0.05) is 11.8 Å². The summed E-state index contributed by atoms with van der Waals surface area (Å²) in [6.07, 6.45) is 2.69. The molecule has 7 heteroatoms. The summed E-state index contributed by atoms with van der Waals surface area (Å²) in [7, 11) is 1.80. The second-order valence-electron chi connectivity index (χ2n) is 6.73. The lowest BCUT2D eigenvalue weighted by molar-refractivity contribution is 0.159. The van der Waals surface area contributed by atoms with Gasteiger partial charge in [-0.3, -0.25) is 14.5 Å². The molecule has 1 aliphatic heterocycles. The number of piperazine rings is 1. The predicted octanol–water partition coefficient (Wildman–Crippen LogP) is 0.562. The smallest absolute Gasteiger partial charge is 0.330 e. The van der Waals surface area contributed by atoms with Gasteiger partial charge in [0.2, 0.25) is 0 Å². The van der Waals surface area contributed by atoms with E-state index in [0.717, 1.165) is 55.5 Å². The minimum Gasteiger partial charge on any atom is -0.396 e. The third-order valence-electron chi connectivity index (χ3n) is 4.77. The number of unbranched alkanes of at least 4 members (excludes halogenated alkanes) is 2. The van der Waals surface area contributed by atoms with Crippen molar-refractivity contribution in [2.45, 2.75) is 25.4 Å². The van der Waals surface area contributed by atoms with Gasteiger partial charge in [0.15, 0.2) is 0 Å². The summed E-state index contributed by atoms with van der Waals surface area (Å²) in [5.41, 5.74) is 2.63. The number of nitrogens with one attached hydrogen (secondary N) is 2. The SMILES string of the molecule is Cn1c(=O)n(C2CNCCN2)c2ccc(C#CCOCCCCCO)cc21. The van der Waals surface area contributed by atoms with E-state index in [1.807, 2.05) is 22.8 Å². The predicted molar refractivity (Wildman–Crippen MR) is 106 cm³/mol. The van der Waals surface area contributed by atoms with Crippen LogP contribution in [0.15, 0.2) is 23.0 Å². The number of hydrogen-bond acceptors (Lipinski definition) is 5. The molecule has 7 nitrogen and oxygen atoms in total. The van der Waals surface area contributed by atoms with Crippen LogP contribution in [0.2, 0.25) is 0 Å². The van der Waals surface area contributed by atoms with E-state index in [0.29, 0.717) is 13.2 Å².